The molecule has 23 heavy (non-hydrogen) atoms. The summed E-state index contributed by atoms with van der Waals surface area (Å²) < 4.78 is 24.5. The maximum Gasteiger partial charge on any atom is 0.238 e. The Bertz CT molecular complexity index is 812. The van der Waals surface area contributed by atoms with Crippen LogP contribution >= 0.6 is 0 Å². The third kappa shape index (κ3) is 3.59. The van der Waals surface area contributed by atoms with Gasteiger partial charge in [-0.1, -0.05) is 12.1 Å². The van der Waals surface area contributed by atoms with Crippen LogP contribution in [0.15, 0.2) is 41.6 Å². The molecule has 0 aliphatic carbocycles. The Labute approximate surface area is 134 Å². The summed E-state index contributed by atoms with van der Waals surface area (Å²) >= 11 is 0. The smallest absolute Gasteiger partial charge is 0.238 e. The Kier molecular flexibility index (Phi) is 4.18. The number of sulfonamides is 1. The number of imidazole rings is 1. The van der Waals surface area contributed by atoms with Crippen LogP contribution in [0.4, 0.5) is 0 Å². The lowest BCUT2D eigenvalue weighted by Gasteiger charge is -2.22. The van der Waals surface area contributed by atoms with E-state index in [-0.39, 0.29) is 16.7 Å². The quantitative estimate of drug-likeness (QED) is 0.844. The van der Waals surface area contributed by atoms with E-state index in [1.165, 1.54) is 12.1 Å². The highest BCUT2D eigenvalue weighted by molar-refractivity contribution is 7.89. The molecule has 0 radical (unpaired) electrons. The first-order valence-electron chi connectivity index (χ1n) is 7.33. The van der Waals surface area contributed by atoms with Gasteiger partial charge in [0, 0.05) is 37.8 Å². The third-order valence-electron chi connectivity index (χ3n) is 4.04. The van der Waals surface area contributed by atoms with E-state index in [1.807, 2.05) is 6.20 Å². The normalized spacial score (nSPS) is 17.5. The molecule has 2 aromatic rings. The van der Waals surface area contributed by atoms with E-state index < -0.39 is 10.0 Å². The topological polar surface area (TPSA) is 107 Å². The van der Waals surface area contributed by atoms with Crippen molar-refractivity contribution in [1.82, 2.24) is 14.9 Å². The lowest BCUT2D eigenvalue weighted by molar-refractivity contribution is -0.125. The molecule has 1 unspecified atom stereocenters. The second-order valence-corrected chi connectivity index (χ2v) is 7.19. The number of rotatable bonds is 4. The van der Waals surface area contributed by atoms with Crippen molar-refractivity contribution in [3.8, 4) is 0 Å². The molecule has 3 rings (SSSR count). The van der Waals surface area contributed by atoms with Crippen molar-refractivity contribution in [3.63, 3.8) is 0 Å². The van der Waals surface area contributed by atoms with E-state index >= 15 is 0 Å². The molecule has 7 nitrogen and oxygen atoms in total. The van der Waals surface area contributed by atoms with Gasteiger partial charge in [-0.05, 0) is 24.1 Å². The number of fused-ring (bicyclic) bond motifs is 1. The lowest BCUT2D eigenvalue weighted by Crippen LogP contribution is -2.35. The number of nitrogens with one attached hydrogen (secondary N) is 1. The molecule has 1 amide bonds. The summed E-state index contributed by atoms with van der Waals surface area (Å²) in [6, 6.07) is 6.17. The second-order valence-electron chi connectivity index (χ2n) is 5.63. The van der Waals surface area contributed by atoms with Crippen LogP contribution < -0.4 is 10.5 Å². The van der Waals surface area contributed by atoms with Crippen LogP contribution in [-0.4, -0.2) is 23.9 Å². The average Bonchev–Trinajstić information content (AvgIpc) is 2.99. The number of aromatic nitrogens is 2. The van der Waals surface area contributed by atoms with Crippen LogP contribution in [0.2, 0.25) is 0 Å². The molecule has 2 heterocycles. The molecule has 122 valence electrons. The first-order valence-corrected chi connectivity index (χ1v) is 8.87. The SMILES string of the molecule is NS(=O)(=O)c1ccc(CNC(=O)C2CCn3ccnc3C2)cc1. The Morgan fingerprint density at radius 1 is 1.35 bits per heavy atom. The highest BCUT2D eigenvalue weighted by Crippen LogP contribution is 2.19. The van der Waals surface area contributed by atoms with Gasteiger partial charge in [-0.3, -0.25) is 4.79 Å². The Morgan fingerprint density at radius 2 is 2.09 bits per heavy atom. The van der Waals surface area contributed by atoms with Crippen LogP contribution in [0, 0.1) is 5.92 Å². The van der Waals surface area contributed by atoms with Crippen molar-refractivity contribution in [2.75, 3.05) is 0 Å². The number of primary sulfonamides is 1. The summed E-state index contributed by atoms with van der Waals surface area (Å²) in [5.41, 5.74) is 0.822. The van der Waals surface area contributed by atoms with E-state index in [2.05, 4.69) is 14.9 Å². The predicted molar refractivity (Wildman–Crippen MR) is 83.7 cm³/mol. The molecule has 3 N–H and O–H groups in total. The summed E-state index contributed by atoms with van der Waals surface area (Å²) in [6.45, 7) is 1.16. The lowest BCUT2D eigenvalue weighted by atomic mass is 9.97. The van der Waals surface area contributed by atoms with Crippen molar-refractivity contribution in [3.05, 3.63) is 48.0 Å². The molecule has 0 bridgehead atoms. The Morgan fingerprint density at radius 3 is 2.78 bits per heavy atom. The monoisotopic (exact) mass is 334 g/mol. The van der Waals surface area contributed by atoms with E-state index in [0.29, 0.717) is 13.0 Å². The summed E-state index contributed by atoms with van der Waals surface area (Å²) in [6.07, 6.45) is 5.11. The number of aryl methyl sites for hydroxylation is 1. The van der Waals surface area contributed by atoms with Crippen LogP contribution in [0.5, 0.6) is 0 Å². The Hall–Kier alpha value is -2.19. The highest BCUT2D eigenvalue weighted by Gasteiger charge is 2.25. The third-order valence-corrected chi connectivity index (χ3v) is 4.97. The fraction of sp³-hybridized carbons (Fsp3) is 0.333. The molecule has 0 fully saturated rings. The maximum absolute atomic E-state index is 12.3. The van der Waals surface area contributed by atoms with Crippen molar-refractivity contribution in [2.45, 2.75) is 30.8 Å². The molecule has 0 spiro atoms. The van der Waals surface area contributed by atoms with E-state index in [9.17, 15) is 13.2 Å². The minimum atomic E-state index is -3.69. The number of amides is 1. The molecule has 1 atom stereocenters. The molecule has 1 aliphatic rings. The zero-order valence-electron chi connectivity index (χ0n) is 12.5. The van der Waals surface area contributed by atoms with Gasteiger partial charge in [0.15, 0.2) is 0 Å². The number of carbonyl (C=O) groups is 1. The zero-order valence-corrected chi connectivity index (χ0v) is 13.3. The number of carbonyl (C=O) groups excluding carboxylic acids is 1. The molecule has 0 saturated carbocycles. The van der Waals surface area contributed by atoms with Gasteiger partial charge in [-0.25, -0.2) is 18.5 Å². The fourth-order valence-electron chi connectivity index (χ4n) is 2.71. The van der Waals surface area contributed by atoms with E-state index in [4.69, 9.17) is 5.14 Å². The summed E-state index contributed by atoms with van der Waals surface area (Å²) in [4.78, 5) is 16.6. The number of benzene rings is 1. The van der Waals surface area contributed by atoms with Gasteiger partial charge in [0.25, 0.3) is 0 Å². The van der Waals surface area contributed by atoms with Crippen molar-refractivity contribution >= 4 is 15.9 Å². The average molecular weight is 334 g/mol. The summed E-state index contributed by atoms with van der Waals surface area (Å²) in [7, 11) is -3.69. The maximum atomic E-state index is 12.3. The zero-order chi connectivity index (χ0) is 16.4. The van der Waals surface area contributed by atoms with Crippen molar-refractivity contribution in [2.24, 2.45) is 11.1 Å². The van der Waals surface area contributed by atoms with Crippen LogP contribution in [0.1, 0.15) is 17.8 Å². The van der Waals surface area contributed by atoms with Gasteiger partial charge in [0.2, 0.25) is 15.9 Å². The highest BCUT2D eigenvalue weighted by atomic mass is 32.2. The summed E-state index contributed by atoms with van der Waals surface area (Å²) in [5.74, 6) is 0.859. The molecule has 0 saturated heterocycles. The Balaban J connectivity index is 1.57. The standard InChI is InChI=1S/C15H18N4O3S/c16-23(21,22)13-3-1-11(2-4-13)10-18-15(20)12-5-7-19-8-6-17-14(19)9-12/h1-4,6,8,12H,5,7,9-10H2,(H,18,20)(H2,16,21,22). The summed E-state index contributed by atoms with van der Waals surface area (Å²) in [5, 5.41) is 7.94. The van der Waals surface area contributed by atoms with E-state index in [1.54, 1.807) is 18.3 Å². The molecule has 8 heteroatoms. The molecule has 1 aliphatic heterocycles. The molecular weight excluding hydrogens is 316 g/mol. The minimum absolute atomic E-state index is 0.00484. The minimum Gasteiger partial charge on any atom is -0.352 e. The van der Waals surface area contributed by atoms with Gasteiger partial charge in [0.1, 0.15) is 5.82 Å². The number of nitrogens with two attached hydrogens (primary N) is 1. The first kappa shape index (κ1) is 15.7. The van der Waals surface area contributed by atoms with Gasteiger partial charge in [-0.15, -0.1) is 0 Å². The van der Waals surface area contributed by atoms with Gasteiger partial charge >= 0.3 is 0 Å². The van der Waals surface area contributed by atoms with Gasteiger partial charge in [-0.2, -0.15) is 0 Å². The largest absolute Gasteiger partial charge is 0.352 e. The molecule has 1 aromatic carbocycles. The van der Waals surface area contributed by atoms with E-state index in [0.717, 1.165) is 24.4 Å². The number of hydrogen-bond acceptors (Lipinski definition) is 4. The van der Waals surface area contributed by atoms with Gasteiger partial charge in [0.05, 0.1) is 4.90 Å². The van der Waals surface area contributed by atoms with Gasteiger partial charge < -0.3 is 9.88 Å². The fourth-order valence-corrected chi connectivity index (χ4v) is 3.22. The number of nitrogens with zero attached hydrogens (tertiary/aromatic N) is 2. The number of hydrogen-bond donors (Lipinski definition) is 2. The first-order chi connectivity index (χ1) is 10.9. The second kappa shape index (κ2) is 6.13. The van der Waals surface area contributed by atoms with Crippen LogP contribution in [-0.2, 0) is 34.3 Å². The molecule has 1 aromatic heterocycles. The van der Waals surface area contributed by atoms with Crippen molar-refractivity contribution in [1.29, 1.82) is 0 Å². The van der Waals surface area contributed by atoms with Crippen LogP contribution in [0.25, 0.3) is 0 Å². The molecular formula is C15H18N4O3S. The van der Waals surface area contributed by atoms with Crippen LogP contribution in [0.3, 0.4) is 0 Å². The van der Waals surface area contributed by atoms with Crippen molar-refractivity contribution < 1.29 is 13.2 Å². The predicted octanol–water partition coefficient (Wildman–Crippen LogP) is 0.409.